The molecule has 1 aliphatic heterocycles. The average Bonchev–Trinajstić information content (AvgIpc) is 2.63. The Morgan fingerprint density at radius 2 is 2.04 bits per heavy atom. The lowest BCUT2D eigenvalue weighted by Gasteiger charge is -2.32. The lowest BCUT2D eigenvalue weighted by molar-refractivity contribution is 0.0911. The van der Waals surface area contributed by atoms with Crippen molar-refractivity contribution in [3.8, 4) is 0 Å². The van der Waals surface area contributed by atoms with Crippen LogP contribution in [0.25, 0.3) is 10.9 Å². The van der Waals surface area contributed by atoms with Gasteiger partial charge in [-0.25, -0.2) is 0 Å². The van der Waals surface area contributed by atoms with Crippen molar-refractivity contribution in [2.24, 2.45) is 0 Å². The number of carbonyl (C=O) groups excluding carboxylic acids is 1. The highest BCUT2D eigenvalue weighted by molar-refractivity contribution is 7.71. The molecule has 0 spiro atoms. The summed E-state index contributed by atoms with van der Waals surface area (Å²) in [4.78, 5) is 30.5. The standard InChI is InChI=1S/C19H26N4O2S/c1-3-9-22-10-7-14(8-11-22)20-17(24)13-5-6-15-16(12-13)21-19(26)23(4-2)18(15)25/h5-6,12,14H,3-4,7-11H2,1-2H3,(H,20,24)(H,21,26). The number of nitrogens with zero attached hydrogens (tertiary/aromatic N) is 2. The van der Waals surface area contributed by atoms with E-state index in [1.54, 1.807) is 18.2 Å². The van der Waals surface area contributed by atoms with Gasteiger partial charge in [-0.2, -0.15) is 0 Å². The Labute approximate surface area is 158 Å². The zero-order valence-electron chi connectivity index (χ0n) is 15.4. The van der Waals surface area contributed by atoms with Gasteiger partial charge in [0.2, 0.25) is 0 Å². The van der Waals surface area contributed by atoms with Gasteiger partial charge < -0.3 is 15.2 Å². The number of likely N-dealkylation sites (tertiary alicyclic amines) is 1. The highest BCUT2D eigenvalue weighted by atomic mass is 32.1. The van der Waals surface area contributed by atoms with Crippen LogP contribution in [-0.2, 0) is 6.54 Å². The molecule has 1 fully saturated rings. The predicted molar refractivity (Wildman–Crippen MR) is 106 cm³/mol. The van der Waals surface area contributed by atoms with Crippen LogP contribution in [0, 0.1) is 4.77 Å². The summed E-state index contributed by atoms with van der Waals surface area (Å²) in [5.74, 6) is -0.0974. The summed E-state index contributed by atoms with van der Waals surface area (Å²) < 4.78 is 1.90. The van der Waals surface area contributed by atoms with Crippen molar-refractivity contribution in [3.63, 3.8) is 0 Å². The molecule has 0 radical (unpaired) electrons. The number of nitrogens with one attached hydrogen (secondary N) is 2. The fraction of sp³-hybridized carbons (Fsp3) is 0.526. The number of aromatic amines is 1. The zero-order chi connectivity index (χ0) is 18.7. The number of aromatic nitrogens is 2. The van der Waals surface area contributed by atoms with Gasteiger partial charge >= 0.3 is 0 Å². The molecule has 2 aromatic rings. The first-order valence-electron chi connectivity index (χ1n) is 9.33. The van der Waals surface area contributed by atoms with Crippen molar-refractivity contribution in [1.82, 2.24) is 19.8 Å². The summed E-state index contributed by atoms with van der Waals surface area (Å²) in [5, 5.41) is 3.67. The first-order valence-corrected chi connectivity index (χ1v) is 9.74. The molecular formula is C19H26N4O2S. The summed E-state index contributed by atoms with van der Waals surface area (Å²) in [6, 6.07) is 5.34. The molecule has 1 aromatic heterocycles. The summed E-state index contributed by atoms with van der Waals surface area (Å²) >= 11 is 5.24. The van der Waals surface area contributed by atoms with Crippen molar-refractivity contribution < 1.29 is 4.79 Å². The second-order valence-corrected chi connectivity index (χ2v) is 7.22. The molecular weight excluding hydrogens is 348 g/mol. The second kappa shape index (κ2) is 8.14. The molecule has 3 rings (SSSR count). The van der Waals surface area contributed by atoms with Crippen molar-refractivity contribution in [2.75, 3.05) is 19.6 Å². The largest absolute Gasteiger partial charge is 0.349 e. The van der Waals surface area contributed by atoms with Gasteiger partial charge in [0.05, 0.1) is 10.9 Å². The monoisotopic (exact) mass is 374 g/mol. The number of fused-ring (bicyclic) bond motifs is 1. The number of piperidine rings is 1. The van der Waals surface area contributed by atoms with Crippen molar-refractivity contribution in [1.29, 1.82) is 0 Å². The fourth-order valence-electron chi connectivity index (χ4n) is 3.57. The molecule has 0 aliphatic carbocycles. The van der Waals surface area contributed by atoms with Gasteiger partial charge in [-0.15, -0.1) is 0 Å². The summed E-state index contributed by atoms with van der Waals surface area (Å²) in [6.07, 6.45) is 3.11. The molecule has 2 heterocycles. The molecule has 2 N–H and O–H groups in total. The van der Waals surface area contributed by atoms with Gasteiger partial charge in [0.15, 0.2) is 4.77 Å². The average molecular weight is 375 g/mol. The van der Waals surface area contributed by atoms with E-state index in [1.165, 1.54) is 4.57 Å². The predicted octanol–water partition coefficient (Wildman–Crippen LogP) is 2.68. The Bertz CT molecular complexity index is 910. The maximum Gasteiger partial charge on any atom is 0.262 e. The van der Waals surface area contributed by atoms with Crippen molar-refractivity contribution in [2.45, 2.75) is 45.7 Å². The third kappa shape index (κ3) is 3.88. The Morgan fingerprint density at radius 1 is 1.31 bits per heavy atom. The van der Waals surface area contributed by atoms with E-state index in [-0.39, 0.29) is 17.5 Å². The number of amides is 1. The number of carbonyl (C=O) groups is 1. The van der Waals surface area contributed by atoms with E-state index >= 15 is 0 Å². The first-order chi connectivity index (χ1) is 12.5. The third-order valence-electron chi connectivity index (χ3n) is 5.02. The second-order valence-electron chi connectivity index (χ2n) is 6.83. The van der Waals surface area contributed by atoms with Crippen molar-refractivity contribution in [3.05, 3.63) is 38.9 Å². The van der Waals surface area contributed by atoms with Gasteiger partial charge in [0.1, 0.15) is 0 Å². The van der Waals surface area contributed by atoms with Gasteiger partial charge in [-0.05, 0) is 63.1 Å². The quantitative estimate of drug-likeness (QED) is 0.790. The van der Waals surface area contributed by atoms with Crippen LogP contribution in [0.2, 0.25) is 0 Å². The van der Waals surface area contributed by atoms with Crippen LogP contribution in [0.4, 0.5) is 0 Å². The molecule has 7 heteroatoms. The molecule has 140 valence electrons. The Morgan fingerprint density at radius 3 is 2.69 bits per heavy atom. The van der Waals surface area contributed by atoms with E-state index in [0.29, 0.717) is 27.8 Å². The Hall–Kier alpha value is -1.99. The van der Waals surface area contributed by atoms with Crippen LogP contribution in [0.5, 0.6) is 0 Å². The van der Waals surface area contributed by atoms with E-state index in [9.17, 15) is 9.59 Å². The molecule has 0 atom stereocenters. The molecule has 1 amide bonds. The number of H-pyrrole nitrogens is 1. The van der Waals surface area contributed by atoms with Gasteiger partial charge in [0.25, 0.3) is 11.5 Å². The van der Waals surface area contributed by atoms with Crippen LogP contribution in [-0.4, -0.2) is 46.0 Å². The molecule has 26 heavy (non-hydrogen) atoms. The SMILES string of the molecule is CCCN1CCC(NC(=O)c2ccc3c(=O)n(CC)c(=S)[nH]c3c2)CC1. The smallest absolute Gasteiger partial charge is 0.262 e. The highest BCUT2D eigenvalue weighted by Gasteiger charge is 2.21. The van der Waals surface area contributed by atoms with Crippen LogP contribution >= 0.6 is 12.2 Å². The van der Waals surface area contributed by atoms with Crippen molar-refractivity contribution >= 4 is 29.0 Å². The molecule has 0 saturated carbocycles. The third-order valence-corrected chi connectivity index (χ3v) is 5.35. The van der Waals surface area contributed by atoms with Crippen LogP contribution in [0.1, 0.15) is 43.5 Å². The topological polar surface area (TPSA) is 70.1 Å². The normalized spacial score (nSPS) is 16.1. The van der Waals surface area contributed by atoms with E-state index in [0.717, 1.165) is 38.9 Å². The van der Waals surface area contributed by atoms with E-state index in [1.807, 2.05) is 6.92 Å². The number of benzene rings is 1. The Kier molecular flexibility index (Phi) is 5.88. The number of hydrogen-bond acceptors (Lipinski definition) is 4. The molecule has 1 aromatic carbocycles. The fourth-order valence-corrected chi connectivity index (χ4v) is 3.89. The zero-order valence-corrected chi connectivity index (χ0v) is 16.2. The summed E-state index contributed by atoms with van der Waals surface area (Å²) in [6.45, 7) is 7.77. The molecule has 1 saturated heterocycles. The van der Waals surface area contributed by atoms with E-state index < -0.39 is 0 Å². The number of hydrogen-bond donors (Lipinski definition) is 2. The lowest BCUT2D eigenvalue weighted by atomic mass is 10.0. The van der Waals surface area contributed by atoms with Gasteiger partial charge in [-0.1, -0.05) is 6.92 Å². The minimum absolute atomic E-state index is 0.0974. The Balaban J connectivity index is 1.75. The molecule has 0 unspecified atom stereocenters. The van der Waals surface area contributed by atoms with Gasteiger partial charge in [0, 0.05) is 31.2 Å². The molecule has 6 nitrogen and oxygen atoms in total. The molecule has 1 aliphatic rings. The number of rotatable bonds is 5. The summed E-state index contributed by atoms with van der Waals surface area (Å²) in [7, 11) is 0. The lowest BCUT2D eigenvalue weighted by Crippen LogP contribution is -2.44. The van der Waals surface area contributed by atoms with Crippen LogP contribution in [0.3, 0.4) is 0 Å². The minimum Gasteiger partial charge on any atom is -0.349 e. The molecule has 0 bridgehead atoms. The van der Waals surface area contributed by atoms with Crippen LogP contribution < -0.4 is 10.9 Å². The summed E-state index contributed by atoms with van der Waals surface area (Å²) in [5.41, 5.74) is 1.03. The van der Waals surface area contributed by atoms with Crippen LogP contribution in [0.15, 0.2) is 23.0 Å². The maximum atomic E-state index is 12.6. The van der Waals surface area contributed by atoms with E-state index in [4.69, 9.17) is 12.2 Å². The van der Waals surface area contributed by atoms with Gasteiger partial charge in [-0.3, -0.25) is 14.2 Å². The highest BCUT2D eigenvalue weighted by Crippen LogP contribution is 2.14. The minimum atomic E-state index is -0.124. The first kappa shape index (κ1) is 18.8. The van der Waals surface area contributed by atoms with E-state index in [2.05, 4.69) is 22.1 Å². The maximum absolute atomic E-state index is 12.6.